The Morgan fingerprint density at radius 2 is 2.00 bits per heavy atom. The van der Waals surface area contributed by atoms with E-state index in [1.165, 1.54) is 43.2 Å². The SMILES string of the molecule is O=c1c2c(c3cccnc3n1CC1=CCC=CC=C1)CCN(CC1CCCCC1)C2. The predicted octanol–water partition coefficient (Wildman–Crippen LogP) is 4.78. The van der Waals surface area contributed by atoms with Crippen LogP contribution < -0.4 is 5.56 Å². The highest BCUT2D eigenvalue weighted by Crippen LogP contribution is 2.28. The van der Waals surface area contributed by atoms with Crippen molar-refractivity contribution in [3.05, 3.63) is 75.8 Å². The van der Waals surface area contributed by atoms with Gasteiger partial charge in [-0.1, -0.05) is 49.6 Å². The summed E-state index contributed by atoms with van der Waals surface area (Å²) >= 11 is 0. The van der Waals surface area contributed by atoms with Crippen LogP contribution in [0.2, 0.25) is 0 Å². The Kier molecular flexibility index (Phi) is 5.67. The number of aromatic nitrogens is 2. The molecule has 3 aliphatic rings. The van der Waals surface area contributed by atoms with Crippen molar-refractivity contribution in [3.8, 4) is 0 Å². The number of fused-ring (bicyclic) bond motifs is 3. The Hall–Kier alpha value is -2.46. The maximum Gasteiger partial charge on any atom is 0.257 e. The minimum atomic E-state index is 0.149. The van der Waals surface area contributed by atoms with Gasteiger partial charge in [-0.25, -0.2) is 4.98 Å². The molecule has 2 aromatic rings. The molecule has 30 heavy (non-hydrogen) atoms. The highest BCUT2D eigenvalue weighted by atomic mass is 16.1. The first-order valence-corrected chi connectivity index (χ1v) is 11.5. The van der Waals surface area contributed by atoms with Crippen molar-refractivity contribution in [1.29, 1.82) is 0 Å². The summed E-state index contributed by atoms with van der Waals surface area (Å²) in [5, 5.41) is 1.15. The quantitative estimate of drug-likeness (QED) is 0.740. The summed E-state index contributed by atoms with van der Waals surface area (Å²) in [6, 6.07) is 4.15. The first-order valence-electron chi connectivity index (χ1n) is 11.5. The standard InChI is InChI=1S/C26H31N3O/c30-26-24-19-28(17-20-9-6-3-7-10-20)16-14-22(24)23-13-8-15-27-25(23)29(26)18-21-11-4-1-2-5-12-21/h1-2,4,8,11-13,15,20H,3,5-7,9-10,14,16-19H2. The van der Waals surface area contributed by atoms with E-state index in [2.05, 4.69) is 46.3 Å². The second-order valence-electron chi connectivity index (χ2n) is 9.01. The van der Waals surface area contributed by atoms with Crippen LogP contribution in [0.25, 0.3) is 11.0 Å². The first-order chi connectivity index (χ1) is 14.8. The topological polar surface area (TPSA) is 38.1 Å². The van der Waals surface area contributed by atoms with Gasteiger partial charge in [-0.2, -0.15) is 0 Å². The molecule has 0 atom stereocenters. The third-order valence-electron chi connectivity index (χ3n) is 6.95. The number of rotatable bonds is 4. The summed E-state index contributed by atoms with van der Waals surface area (Å²) in [4.78, 5) is 20.8. The first kappa shape index (κ1) is 19.5. The lowest BCUT2D eigenvalue weighted by atomic mass is 9.88. The molecule has 2 aromatic heterocycles. The Morgan fingerprint density at radius 3 is 2.90 bits per heavy atom. The van der Waals surface area contributed by atoms with Crippen LogP contribution in [0.3, 0.4) is 0 Å². The van der Waals surface area contributed by atoms with Gasteiger partial charge in [0, 0.05) is 36.8 Å². The molecule has 0 N–H and O–H groups in total. The van der Waals surface area contributed by atoms with Crippen molar-refractivity contribution < 1.29 is 0 Å². The third kappa shape index (κ3) is 3.93. The minimum absolute atomic E-state index is 0.149. The fourth-order valence-electron chi connectivity index (χ4n) is 5.38. The number of nitrogens with zero attached hydrogens (tertiary/aromatic N) is 3. The van der Waals surface area contributed by atoms with Crippen molar-refractivity contribution in [2.45, 2.75) is 58.0 Å². The molecule has 2 aliphatic carbocycles. The number of allylic oxidation sites excluding steroid dienone is 6. The van der Waals surface area contributed by atoms with E-state index in [-0.39, 0.29) is 5.56 Å². The maximum absolute atomic E-state index is 13.7. The van der Waals surface area contributed by atoms with Crippen LogP contribution in [0.5, 0.6) is 0 Å². The van der Waals surface area contributed by atoms with Gasteiger partial charge in [0.05, 0.1) is 6.54 Å². The molecule has 1 aliphatic heterocycles. The second-order valence-corrected chi connectivity index (χ2v) is 9.01. The van der Waals surface area contributed by atoms with E-state index in [1.807, 2.05) is 16.8 Å². The molecule has 0 aromatic carbocycles. The smallest absolute Gasteiger partial charge is 0.257 e. The molecule has 0 bridgehead atoms. The highest BCUT2D eigenvalue weighted by Gasteiger charge is 2.26. The van der Waals surface area contributed by atoms with Gasteiger partial charge in [0.15, 0.2) is 0 Å². The average Bonchev–Trinajstić information content (AvgIpc) is 3.06. The van der Waals surface area contributed by atoms with Crippen molar-refractivity contribution in [3.63, 3.8) is 0 Å². The number of pyridine rings is 2. The van der Waals surface area contributed by atoms with Crippen molar-refractivity contribution in [2.24, 2.45) is 5.92 Å². The minimum Gasteiger partial charge on any atom is -0.298 e. The predicted molar refractivity (Wildman–Crippen MR) is 123 cm³/mol. The zero-order valence-electron chi connectivity index (χ0n) is 17.7. The molecular weight excluding hydrogens is 370 g/mol. The normalized spacial score (nSPS) is 20.2. The van der Waals surface area contributed by atoms with Gasteiger partial charge in [0.2, 0.25) is 0 Å². The summed E-state index contributed by atoms with van der Waals surface area (Å²) in [5.41, 5.74) is 4.37. The van der Waals surface area contributed by atoms with Crippen molar-refractivity contribution >= 4 is 11.0 Å². The summed E-state index contributed by atoms with van der Waals surface area (Å²) in [5.74, 6) is 0.804. The number of hydrogen-bond acceptors (Lipinski definition) is 3. The van der Waals surface area contributed by atoms with Crippen LogP contribution in [0.15, 0.2) is 59.1 Å². The summed E-state index contributed by atoms with van der Waals surface area (Å²) in [7, 11) is 0. The molecule has 4 nitrogen and oxygen atoms in total. The Morgan fingerprint density at radius 1 is 1.10 bits per heavy atom. The van der Waals surface area contributed by atoms with Gasteiger partial charge >= 0.3 is 0 Å². The molecule has 5 rings (SSSR count). The molecule has 0 radical (unpaired) electrons. The molecule has 156 valence electrons. The molecule has 0 spiro atoms. The fourth-order valence-corrected chi connectivity index (χ4v) is 5.38. The van der Waals surface area contributed by atoms with E-state index in [0.29, 0.717) is 6.54 Å². The van der Waals surface area contributed by atoms with E-state index in [9.17, 15) is 4.79 Å². The lowest BCUT2D eigenvalue weighted by Gasteiger charge is -2.33. The lowest BCUT2D eigenvalue weighted by molar-refractivity contribution is 0.186. The Balaban J connectivity index is 1.50. The zero-order valence-corrected chi connectivity index (χ0v) is 17.7. The molecule has 4 heteroatoms. The van der Waals surface area contributed by atoms with E-state index < -0.39 is 0 Å². The number of hydrogen-bond donors (Lipinski definition) is 0. The summed E-state index contributed by atoms with van der Waals surface area (Å²) < 4.78 is 1.90. The van der Waals surface area contributed by atoms with Gasteiger partial charge < -0.3 is 0 Å². The summed E-state index contributed by atoms with van der Waals surface area (Å²) in [6.45, 7) is 3.56. The van der Waals surface area contributed by atoms with E-state index >= 15 is 0 Å². The highest BCUT2D eigenvalue weighted by molar-refractivity contribution is 5.80. The third-order valence-corrected chi connectivity index (χ3v) is 6.95. The van der Waals surface area contributed by atoms with Crippen molar-refractivity contribution in [1.82, 2.24) is 14.5 Å². The second kappa shape index (κ2) is 8.73. The average molecular weight is 402 g/mol. The molecule has 1 saturated carbocycles. The van der Waals surface area contributed by atoms with Gasteiger partial charge in [0.25, 0.3) is 5.56 Å². The van der Waals surface area contributed by atoms with Crippen LogP contribution in [-0.2, 0) is 19.5 Å². The van der Waals surface area contributed by atoms with Crippen LogP contribution >= 0.6 is 0 Å². The maximum atomic E-state index is 13.7. The summed E-state index contributed by atoms with van der Waals surface area (Å²) in [6.07, 6.45) is 21.1. The molecule has 0 amide bonds. The van der Waals surface area contributed by atoms with Crippen LogP contribution in [0.4, 0.5) is 0 Å². The molecular formula is C26H31N3O. The van der Waals surface area contributed by atoms with Crippen LogP contribution in [0, 0.1) is 5.92 Å². The zero-order chi connectivity index (χ0) is 20.3. The molecule has 1 fully saturated rings. The van der Waals surface area contributed by atoms with Crippen molar-refractivity contribution in [2.75, 3.05) is 13.1 Å². The van der Waals surface area contributed by atoms with Gasteiger partial charge in [-0.3, -0.25) is 14.3 Å². The largest absolute Gasteiger partial charge is 0.298 e. The monoisotopic (exact) mass is 401 g/mol. The Labute approximate surface area is 178 Å². The molecule has 0 unspecified atom stereocenters. The molecule has 0 saturated heterocycles. The fraction of sp³-hybridized carbons (Fsp3) is 0.462. The van der Waals surface area contributed by atoms with Crippen LogP contribution in [0.1, 0.15) is 49.7 Å². The molecule has 3 heterocycles. The van der Waals surface area contributed by atoms with Crippen LogP contribution in [-0.4, -0.2) is 27.5 Å². The van der Waals surface area contributed by atoms with Gasteiger partial charge in [-0.15, -0.1) is 0 Å². The Bertz CT molecular complexity index is 1070. The van der Waals surface area contributed by atoms with E-state index in [4.69, 9.17) is 0 Å². The van der Waals surface area contributed by atoms with Gasteiger partial charge in [-0.05, 0) is 54.9 Å². The van der Waals surface area contributed by atoms with Gasteiger partial charge in [0.1, 0.15) is 5.65 Å². The van der Waals surface area contributed by atoms with E-state index in [0.717, 1.165) is 55.0 Å². The lowest BCUT2D eigenvalue weighted by Crippen LogP contribution is -2.40. The van der Waals surface area contributed by atoms with E-state index in [1.54, 1.807) is 0 Å².